The summed E-state index contributed by atoms with van der Waals surface area (Å²) < 4.78 is 1.47. The monoisotopic (exact) mass is 285 g/mol. The topological polar surface area (TPSA) is 80.1 Å². The maximum absolute atomic E-state index is 12.0. The molecule has 0 radical (unpaired) electrons. The van der Waals surface area contributed by atoms with E-state index in [2.05, 4.69) is 15.6 Å². The van der Waals surface area contributed by atoms with E-state index in [1.165, 1.54) is 4.68 Å². The van der Waals surface area contributed by atoms with Gasteiger partial charge in [-0.25, -0.2) is 0 Å². The fraction of sp³-hybridized carbons (Fsp3) is 0.286. The molecular formula is C14H15N5O2. The quantitative estimate of drug-likeness (QED) is 0.891. The second kappa shape index (κ2) is 5.01. The number of anilines is 2. The van der Waals surface area contributed by atoms with Crippen LogP contribution in [-0.4, -0.2) is 33.4 Å². The number of nitrogens with zero attached hydrogens (tertiary/aromatic N) is 4. The van der Waals surface area contributed by atoms with Gasteiger partial charge in [-0.3, -0.25) is 14.3 Å². The van der Waals surface area contributed by atoms with Crippen molar-refractivity contribution in [2.75, 3.05) is 16.8 Å². The molecule has 0 bridgehead atoms. The number of benzene rings is 1. The molecule has 7 nitrogen and oxygen atoms in total. The molecule has 1 aliphatic heterocycles. The van der Waals surface area contributed by atoms with E-state index in [4.69, 9.17) is 0 Å². The summed E-state index contributed by atoms with van der Waals surface area (Å²) in [7, 11) is 1.70. The Kier molecular flexibility index (Phi) is 3.17. The third kappa shape index (κ3) is 2.49. The van der Waals surface area contributed by atoms with Crippen LogP contribution in [0.4, 0.5) is 11.4 Å². The Morgan fingerprint density at radius 1 is 1.33 bits per heavy atom. The van der Waals surface area contributed by atoms with E-state index in [1.807, 2.05) is 18.2 Å². The second-order valence-corrected chi connectivity index (χ2v) is 5.00. The van der Waals surface area contributed by atoms with E-state index < -0.39 is 0 Å². The van der Waals surface area contributed by atoms with E-state index in [1.54, 1.807) is 25.1 Å². The molecule has 2 aromatic rings. The first kappa shape index (κ1) is 13.3. The Hall–Kier alpha value is -2.70. The predicted octanol–water partition coefficient (Wildman–Crippen LogP) is 0.976. The highest BCUT2D eigenvalue weighted by Gasteiger charge is 2.22. The summed E-state index contributed by atoms with van der Waals surface area (Å²) in [5.41, 5.74) is 2.86. The molecule has 2 amide bonds. The first-order chi connectivity index (χ1) is 10.0. The summed E-state index contributed by atoms with van der Waals surface area (Å²) in [6, 6.07) is 5.58. The molecule has 1 N–H and O–H groups in total. The van der Waals surface area contributed by atoms with Gasteiger partial charge in [0.2, 0.25) is 5.91 Å². The van der Waals surface area contributed by atoms with Crippen molar-refractivity contribution < 1.29 is 9.59 Å². The highest BCUT2D eigenvalue weighted by molar-refractivity contribution is 6.03. The summed E-state index contributed by atoms with van der Waals surface area (Å²) in [4.78, 5) is 25.3. The zero-order valence-electron chi connectivity index (χ0n) is 11.8. The molecule has 7 heteroatoms. The number of carbonyl (C=O) groups excluding carboxylic acids is 2. The van der Waals surface area contributed by atoms with Gasteiger partial charge in [0.1, 0.15) is 0 Å². The highest BCUT2D eigenvalue weighted by Crippen LogP contribution is 2.30. The molecule has 0 saturated carbocycles. The Balaban J connectivity index is 1.83. The standard InChI is InChI=1S/C14H15N5O2/c1-9(20)19-6-5-10-3-4-11(7-13(10)19)15-14(21)12-8-18(2)17-16-12/h3-4,7-8H,5-6H2,1-2H3,(H,15,21). The van der Waals surface area contributed by atoms with Crippen molar-refractivity contribution >= 4 is 23.2 Å². The second-order valence-electron chi connectivity index (χ2n) is 5.00. The van der Waals surface area contributed by atoms with Crippen molar-refractivity contribution in [1.82, 2.24) is 15.0 Å². The molecule has 0 unspecified atom stereocenters. The lowest BCUT2D eigenvalue weighted by molar-refractivity contribution is -0.116. The minimum atomic E-state index is -0.324. The maximum atomic E-state index is 12.0. The van der Waals surface area contributed by atoms with Crippen molar-refractivity contribution in [3.63, 3.8) is 0 Å². The minimum absolute atomic E-state index is 0.00570. The summed E-state index contributed by atoms with van der Waals surface area (Å²) in [6.07, 6.45) is 2.39. The Morgan fingerprint density at radius 2 is 2.14 bits per heavy atom. The molecule has 0 spiro atoms. The Morgan fingerprint density at radius 3 is 2.81 bits per heavy atom. The number of nitrogens with one attached hydrogen (secondary N) is 1. The zero-order valence-corrected chi connectivity index (χ0v) is 11.8. The van der Waals surface area contributed by atoms with Crippen LogP contribution in [0.2, 0.25) is 0 Å². The van der Waals surface area contributed by atoms with Gasteiger partial charge in [-0.1, -0.05) is 11.3 Å². The molecule has 1 aromatic carbocycles. The summed E-state index contributed by atoms with van der Waals surface area (Å²) in [5.74, 6) is -0.318. The van der Waals surface area contributed by atoms with Gasteiger partial charge in [-0.15, -0.1) is 5.10 Å². The van der Waals surface area contributed by atoms with Crippen LogP contribution in [0.5, 0.6) is 0 Å². The molecule has 0 fully saturated rings. The molecule has 21 heavy (non-hydrogen) atoms. The molecule has 0 aliphatic carbocycles. The van der Waals surface area contributed by atoms with Gasteiger partial charge in [-0.05, 0) is 24.1 Å². The fourth-order valence-electron chi connectivity index (χ4n) is 2.43. The SMILES string of the molecule is CC(=O)N1CCc2ccc(NC(=O)c3cn(C)nn3)cc21. The van der Waals surface area contributed by atoms with Gasteiger partial charge in [0.15, 0.2) is 5.69 Å². The number of hydrogen-bond acceptors (Lipinski definition) is 4. The van der Waals surface area contributed by atoms with Crippen LogP contribution in [0, 0.1) is 0 Å². The van der Waals surface area contributed by atoms with Gasteiger partial charge >= 0.3 is 0 Å². The average molecular weight is 285 g/mol. The lowest BCUT2D eigenvalue weighted by Gasteiger charge is -2.15. The van der Waals surface area contributed by atoms with Crippen LogP contribution >= 0.6 is 0 Å². The number of carbonyl (C=O) groups is 2. The van der Waals surface area contributed by atoms with Crippen LogP contribution < -0.4 is 10.2 Å². The molecule has 2 heterocycles. The number of rotatable bonds is 2. The molecule has 108 valence electrons. The predicted molar refractivity (Wildman–Crippen MR) is 77.1 cm³/mol. The lowest BCUT2D eigenvalue weighted by Crippen LogP contribution is -2.25. The smallest absolute Gasteiger partial charge is 0.277 e. The fourth-order valence-corrected chi connectivity index (χ4v) is 2.43. The van der Waals surface area contributed by atoms with Crippen LogP contribution in [0.1, 0.15) is 23.0 Å². The minimum Gasteiger partial charge on any atom is -0.320 e. The first-order valence-electron chi connectivity index (χ1n) is 6.63. The lowest BCUT2D eigenvalue weighted by atomic mass is 10.1. The van der Waals surface area contributed by atoms with Crippen molar-refractivity contribution in [3.8, 4) is 0 Å². The normalized spacial score (nSPS) is 13.1. The molecule has 1 aliphatic rings. The Labute approximate surface area is 121 Å². The third-order valence-corrected chi connectivity index (χ3v) is 3.45. The van der Waals surface area contributed by atoms with Crippen molar-refractivity contribution in [2.24, 2.45) is 7.05 Å². The van der Waals surface area contributed by atoms with E-state index in [0.717, 1.165) is 17.7 Å². The largest absolute Gasteiger partial charge is 0.320 e. The molecule has 0 saturated heterocycles. The van der Waals surface area contributed by atoms with E-state index in [9.17, 15) is 9.59 Å². The Bertz CT molecular complexity index is 722. The van der Waals surface area contributed by atoms with Crippen LogP contribution in [0.25, 0.3) is 0 Å². The van der Waals surface area contributed by atoms with Gasteiger partial charge in [-0.2, -0.15) is 0 Å². The van der Waals surface area contributed by atoms with Gasteiger partial charge in [0.25, 0.3) is 5.91 Å². The molecule has 1 aromatic heterocycles. The average Bonchev–Trinajstić information content (AvgIpc) is 3.04. The van der Waals surface area contributed by atoms with Gasteiger partial charge in [0, 0.05) is 31.9 Å². The zero-order chi connectivity index (χ0) is 15.0. The summed E-state index contributed by atoms with van der Waals surface area (Å²) in [5, 5.41) is 10.3. The number of hydrogen-bond donors (Lipinski definition) is 1. The van der Waals surface area contributed by atoms with E-state index in [0.29, 0.717) is 12.2 Å². The summed E-state index contributed by atoms with van der Waals surface area (Å²) >= 11 is 0. The number of fused-ring (bicyclic) bond motifs is 1. The molecule has 0 atom stereocenters. The van der Waals surface area contributed by atoms with Crippen molar-refractivity contribution in [3.05, 3.63) is 35.7 Å². The maximum Gasteiger partial charge on any atom is 0.277 e. The first-order valence-corrected chi connectivity index (χ1v) is 6.63. The van der Waals surface area contributed by atoms with Crippen LogP contribution in [0.15, 0.2) is 24.4 Å². The molecule has 3 rings (SSSR count). The molecular weight excluding hydrogens is 270 g/mol. The van der Waals surface area contributed by atoms with E-state index in [-0.39, 0.29) is 17.5 Å². The number of aromatic nitrogens is 3. The number of aryl methyl sites for hydroxylation is 1. The van der Waals surface area contributed by atoms with Crippen molar-refractivity contribution in [1.29, 1.82) is 0 Å². The summed E-state index contributed by atoms with van der Waals surface area (Å²) in [6.45, 7) is 2.23. The highest BCUT2D eigenvalue weighted by atomic mass is 16.2. The van der Waals surface area contributed by atoms with Crippen LogP contribution in [-0.2, 0) is 18.3 Å². The van der Waals surface area contributed by atoms with Gasteiger partial charge < -0.3 is 10.2 Å². The van der Waals surface area contributed by atoms with Gasteiger partial charge in [0.05, 0.1) is 6.20 Å². The van der Waals surface area contributed by atoms with Crippen molar-refractivity contribution in [2.45, 2.75) is 13.3 Å². The number of amides is 2. The van der Waals surface area contributed by atoms with E-state index >= 15 is 0 Å². The van der Waals surface area contributed by atoms with Crippen LogP contribution in [0.3, 0.4) is 0 Å². The third-order valence-electron chi connectivity index (χ3n) is 3.45.